The van der Waals surface area contributed by atoms with Crippen LogP contribution in [-0.4, -0.2) is 67.0 Å². The molecule has 6 atom stereocenters. The Morgan fingerprint density at radius 3 is 2.80 bits per heavy atom. The van der Waals surface area contributed by atoms with Crippen LogP contribution in [0.3, 0.4) is 0 Å². The van der Waals surface area contributed by atoms with E-state index in [1.165, 1.54) is 18.9 Å². The van der Waals surface area contributed by atoms with E-state index in [0.717, 1.165) is 6.08 Å². The molecule has 3 heterocycles. The van der Waals surface area contributed by atoms with Crippen molar-refractivity contribution in [1.29, 1.82) is 0 Å². The fourth-order valence-electron chi connectivity index (χ4n) is 3.40. The van der Waals surface area contributed by atoms with E-state index < -0.39 is 48.0 Å². The molecule has 1 amide bonds. The second-order valence-electron chi connectivity index (χ2n) is 5.71. The summed E-state index contributed by atoms with van der Waals surface area (Å²) in [4.78, 5) is 46.8. The molecular formula is C15H17NO8S. The number of ether oxygens (including phenoxy) is 4. The van der Waals surface area contributed by atoms with Crippen LogP contribution in [-0.2, 0) is 33.3 Å². The van der Waals surface area contributed by atoms with E-state index in [4.69, 9.17) is 18.9 Å². The van der Waals surface area contributed by atoms with Gasteiger partial charge in [0.05, 0.1) is 36.0 Å². The lowest BCUT2D eigenvalue weighted by Crippen LogP contribution is -2.49. The maximum Gasteiger partial charge on any atom is 0.407 e. The van der Waals surface area contributed by atoms with Crippen molar-refractivity contribution in [3.05, 3.63) is 12.7 Å². The molecule has 9 nitrogen and oxygen atoms in total. The fourth-order valence-corrected chi connectivity index (χ4v) is 5.40. The Morgan fingerprint density at radius 1 is 1.36 bits per heavy atom. The van der Waals surface area contributed by atoms with Gasteiger partial charge >= 0.3 is 24.0 Å². The van der Waals surface area contributed by atoms with Gasteiger partial charge in [-0.2, -0.15) is 0 Å². The standard InChI is InChI=1S/C15H17NO8S/c1-3-6(17)22-5-4-16-15(20)24-10-9-12-8(14(19)23-9)7(11(10)25-12)13(18)21-2/h3,7-12H,1,4-5H2,2H3,(H,16,20). The van der Waals surface area contributed by atoms with Crippen LogP contribution in [0.2, 0.25) is 0 Å². The monoisotopic (exact) mass is 371 g/mol. The van der Waals surface area contributed by atoms with E-state index in [1.807, 2.05) is 0 Å². The highest BCUT2D eigenvalue weighted by Gasteiger charge is 2.71. The van der Waals surface area contributed by atoms with Crippen LogP contribution in [0.15, 0.2) is 12.7 Å². The van der Waals surface area contributed by atoms with Gasteiger partial charge in [0.2, 0.25) is 0 Å². The number of rotatable bonds is 6. The van der Waals surface area contributed by atoms with Crippen molar-refractivity contribution < 1.29 is 38.1 Å². The summed E-state index contributed by atoms with van der Waals surface area (Å²) in [7, 11) is 1.25. The van der Waals surface area contributed by atoms with E-state index in [9.17, 15) is 19.2 Å². The second-order valence-corrected chi connectivity index (χ2v) is 7.07. The number of amides is 1. The zero-order chi connectivity index (χ0) is 18.1. The summed E-state index contributed by atoms with van der Waals surface area (Å²) in [6.45, 7) is 3.28. The first-order valence-corrected chi connectivity index (χ1v) is 8.59. The minimum Gasteiger partial charge on any atom is -0.469 e. The quantitative estimate of drug-likeness (QED) is 0.289. The summed E-state index contributed by atoms with van der Waals surface area (Å²) in [5, 5.41) is 1.84. The maximum absolute atomic E-state index is 12.0. The molecule has 1 N–H and O–H groups in total. The van der Waals surface area contributed by atoms with Crippen molar-refractivity contribution in [3.8, 4) is 0 Å². The van der Waals surface area contributed by atoms with E-state index in [0.29, 0.717) is 0 Å². The van der Waals surface area contributed by atoms with E-state index >= 15 is 0 Å². The normalized spacial score (nSPS) is 34.2. The van der Waals surface area contributed by atoms with E-state index in [2.05, 4.69) is 11.9 Å². The molecule has 3 aliphatic rings. The van der Waals surface area contributed by atoms with Gasteiger partial charge in [-0.15, -0.1) is 11.8 Å². The first-order valence-electron chi connectivity index (χ1n) is 7.65. The average molecular weight is 371 g/mol. The molecule has 0 spiro atoms. The van der Waals surface area contributed by atoms with E-state index in [1.54, 1.807) is 0 Å². The molecule has 0 aromatic heterocycles. The summed E-state index contributed by atoms with van der Waals surface area (Å²) in [5.41, 5.74) is 0. The lowest BCUT2D eigenvalue weighted by Gasteiger charge is -2.28. The highest BCUT2D eigenvalue weighted by atomic mass is 32.2. The lowest BCUT2D eigenvalue weighted by molar-refractivity contribution is -0.152. The zero-order valence-electron chi connectivity index (χ0n) is 13.3. The second kappa shape index (κ2) is 6.95. The van der Waals surface area contributed by atoms with Gasteiger partial charge in [0.25, 0.3) is 0 Å². The first kappa shape index (κ1) is 17.6. The van der Waals surface area contributed by atoms with Crippen molar-refractivity contribution in [2.75, 3.05) is 20.3 Å². The number of methoxy groups -OCH3 is 1. The third kappa shape index (κ3) is 3.06. The number of alkyl carbamates (subject to hydrolysis) is 1. The minimum atomic E-state index is -0.740. The largest absolute Gasteiger partial charge is 0.469 e. The molecule has 0 saturated carbocycles. The highest BCUT2D eigenvalue weighted by molar-refractivity contribution is 8.01. The Balaban J connectivity index is 1.57. The molecule has 10 heteroatoms. The van der Waals surface area contributed by atoms with Gasteiger partial charge in [-0.3, -0.25) is 9.59 Å². The zero-order valence-corrected chi connectivity index (χ0v) is 14.2. The maximum atomic E-state index is 12.0. The van der Waals surface area contributed by atoms with Crippen LogP contribution >= 0.6 is 11.8 Å². The molecule has 25 heavy (non-hydrogen) atoms. The lowest BCUT2D eigenvalue weighted by atomic mass is 9.78. The van der Waals surface area contributed by atoms with Gasteiger partial charge in [-0.1, -0.05) is 6.58 Å². The molecule has 3 saturated heterocycles. The number of carbonyl (C=O) groups is 4. The van der Waals surface area contributed by atoms with E-state index in [-0.39, 0.29) is 23.7 Å². The molecule has 3 rings (SSSR count). The van der Waals surface area contributed by atoms with Crippen LogP contribution in [0.25, 0.3) is 0 Å². The molecule has 0 aromatic rings. The minimum absolute atomic E-state index is 0.0311. The van der Waals surface area contributed by atoms with Gasteiger partial charge in [-0.25, -0.2) is 9.59 Å². The van der Waals surface area contributed by atoms with Gasteiger partial charge in [0.1, 0.15) is 6.61 Å². The van der Waals surface area contributed by atoms with Crippen LogP contribution in [0.1, 0.15) is 0 Å². The van der Waals surface area contributed by atoms with Crippen molar-refractivity contribution in [2.45, 2.75) is 22.7 Å². The van der Waals surface area contributed by atoms with Crippen LogP contribution < -0.4 is 5.32 Å². The summed E-state index contributed by atoms with van der Waals surface area (Å²) >= 11 is 1.42. The third-order valence-electron chi connectivity index (χ3n) is 4.40. The first-order chi connectivity index (χ1) is 12.0. The molecule has 2 bridgehead atoms. The fraction of sp³-hybridized carbons (Fsp3) is 0.600. The number of esters is 3. The number of thioether (sulfide) groups is 1. The van der Waals surface area contributed by atoms with Crippen molar-refractivity contribution >= 4 is 35.8 Å². The van der Waals surface area contributed by atoms with Crippen molar-refractivity contribution in [2.24, 2.45) is 11.8 Å². The number of hydrogen-bond acceptors (Lipinski definition) is 9. The van der Waals surface area contributed by atoms with Gasteiger partial charge in [0.15, 0.2) is 12.2 Å². The third-order valence-corrected chi connectivity index (χ3v) is 6.16. The Kier molecular flexibility index (Phi) is 4.89. The molecule has 0 aliphatic carbocycles. The molecule has 3 aliphatic heterocycles. The van der Waals surface area contributed by atoms with Gasteiger partial charge in [0, 0.05) is 6.08 Å². The number of hydrogen-bond donors (Lipinski definition) is 1. The molecule has 6 unspecified atom stereocenters. The SMILES string of the molecule is C=CC(=O)OCCNC(=O)OC1C2OC(=O)C3C2SC1C3C(=O)OC. The average Bonchev–Trinajstić information content (AvgIpc) is 3.21. The van der Waals surface area contributed by atoms with Crippen LogP contribution in [0.5, 0.6) is 0 Å². The summed E-state index contributed by atoms with van der Waals surface area (Å²) in [6, 6.07) is 0. The number of carbonyl (C=O) groups excluding carboxylic acids is 4. The Bertz CT molecular complexity index is 623. The summed E-state index contributed by atoms with van der Waals surface area (Å²) in [5.74, 6) is -2.79. The van der Waals surface area contributed by atoms with Gasteiger partial charge < -0.3 is 24.3 Å². The molecule has 0 radical (unpaired) electrons. The van der Waals surface area contributed by atoms with Crippen LogP contribution in [0.4, 0.5) is 4.79 Å². The predicted octanol–water partition coefficient (Wildman–Crippen LogP) is -0.361. The molecule has 136 valence electrons. The highest BCUT2D eigenvalue weighted by Crippen LogP contribution is 2.59. The number of fused-ring (bicyclic) bond motifs is 1. The Labute approximate surface area is 147 Å². The molecular weight excluding hydrogens is 354 g/mol. The Hall–Kier alpha value is -2.23. The predicted molar refractivity (Wildman–Crippen MR) is 83.5 cm³/mol. The number of nitrogens with one attached hydrogen (secondary N) is 1. The van der Waals surface area contributed by atoms with Crippen molar-refractivity contribution in [1.82, 2.24) is 5.32 Å². The summed E-state index contributed by atoms with van der Waals surface area (Å²) < 4.78 is 20.2. The Morgan fingerprint density at radius 2 is 2.12 bits per heavy atom. The van der Waals surface area contributed by atoms with Gasteiger partial charge in [-0.05, 0) is 0 Å². The molecule has 3 fully saturated rings. The smallest absolute Gasteiger partial charge is 0.407 e. The molecule has 0 aromatic carbocycles. The van der Waals surface area contributed by atoms with Crippen LogP contribution in [0, 0.1) is 11.8 Å². The topological polar surface area (TPSA) is 117 Å². The summed E-state index contributed by atoms with van der Waals surface area (Å²) in [6.07, 6.45) is -1.01. The van der Waals surface area contributed by atoms with Crippen molar-refractivity contribution in [3.63, 3.8) is 0 Å².